The fourth-order valence-corrected chi connectivity index (χ4v) is 2.73. The molecular formula is C12H16N4O2S. The zero-order chi connectivity index (χ0) is 14.0. The van der Waals surface area contributed by atoms with Crippen LogP contribution >= 0.6 is 0 Å². The van der Waals surface area contributed by atoms with Crippen molar-refractivity contribution in [2.45, 2.75) is 24.3 Å². The summed E-state index contributed by atoms with van der Waals surface area (Å²) in [6, 6.07) is 6.61. The second kappa shape index (κ2) is 5.10. The van der Waals surface area contributed by atoms with Crippen LogP contribution in [-0.4, -0.2) is 29.9 Å². The highest BCUT2D eigenvalue weighted by molar-refractivity contribution is 7.90. The van der Waals surface area contributed by atoms with Crippen LogP contribution in [0.2, 0.25) is 0 Å². The zero-order valence-electron chi connectivity index (χ0n) is 10.8. The molecule has 102 valence electrons. The van der Waals surface area contributed by atoms with Gasteiger partial charge in [0.1, 0.15) is 5.82 Å². The summed E-state index contributed by atoms with van der Waals surface area (Å²) >= 11 is 0. The Hall–Kier alpha value is -1.73. The zero-order valence-corrected chi connectivity index (χ0v) is 11.6. The Morgan fingerprint density at radius 2 is 2.05 bits per heavy atom. The van der Waals surface area contributed by atoms with Crippen LogP contribution in [0.15, 0.2) is 29.2 Å². The first kappa shape index (κ1) is 13.7. The molecule has 3 N–H and O–H groups in total. The highest BCUT2D eigenvalue weighted by atomic mass is 32.2. The number of sulfone groups is 1. The number of aromatic nitrogens is 3. The lowest BCUT2D eigenvalue weighted by atomic mass is 10.1. The Kier molecular flexibility index (Phi) is 3.68. The molecule has 1 heterocycles. The van der Waals surface area contributed by atoms with E-state index in [-0.39, 0.29) is 6.04 Å². The lowest BCUT2D eigenvalue weighted by Gasteiger charge is -2.05. The Morgan fingerprint density at radius 3 is 2.63 bits per heavy atom. The van der Waals surface area contributed by atoms with Gasteiger partial charge in [0.25, 0.3) is 0 Å². The lowest BCUT2D eigenvalue weighted by molar-refractivity contribution is 0.601. The monoisotopic (exact) mass is 280 g/mol. The molecule has 0 fully saturated rings. The second-order valence-corrected chi connectivity index (χ2v) is 6.47. The van der Waals surface area contributed by atoms with Crippen molar-refractivity contribution in [2.24, 2.45) is 5.73 Å². The Morgan fingerprint density at radius 1 is 1.37 bits per heavy atom. The molecule has 0 amide bonds. The van der Waals surface area contributed by atoms with Crippen molar-refractivity contribution < 1.29 is 8.42 Å². The topological polar surface area (TPSA) is 102 Å². The van der Waals surface area contributed by atoms with Crippen LogP contribution in [0.25, 0.3) is 0 Å². The van der Waals surface area contributed by atoms with Crippen LogP contribution < -0.4 is 5.73 Å². The molecule has 7 heteroatoms. The number of nitrogens with one attached hydrogen (secondary N) is 1. The number of aromatic amines is 1. The van der Waals surface area contributed by atoms with Gasteiger partial charge in [-0.1, -0.05) is 18.2 Å². The van der Waals surface area contributed by atoms with E-state index in [2.05, 4.69) is 15.2 Å². The van der Waals surface area contributed by atoms with Crippen molar-refractivity contribution in [2.75, 3.05) is 6.26 Å². The van der Waals surface area contributed by atoms with Crippen molar-refractivity contribution in [1.82, 2.24) is 15.2 Å². The molecule has 1 aromatic heterocycles. The summed E-state index contributed by atoms with van der Waals surface area (Å²) in [7, 11) is -3.25. The van der Waals surface area contributed by atoms with Crippen molar-refractivity contribution in [3.05, 3.63) is 41.5 Å². The van der Waals surface area contributed by atoms with Gasteiger partial charge in [0.15, 0.2) is 15.7 Å². The standard InChI is InChI=1S/C12H16N4O2S/c1-8(13)12-14-11(15-16-12)7-9-5-3-4-6-10(9)19(2,17)18/h3-6,8H,7,13H2,1-2H3,(H,14,15,16). The van der Waals surface area contributed by atoms with E-state index in [1.807, 2.05) is 0 Å². The molecule has 0 spiro atoms. The first-order chi connectivity index (χ1) is 8.88. The molecule has 0 saturated heterocycles. The molecule has 0 radical (unpaired) electrons. The summed E-state index contributed by atoms with van der Waals surface area (Å²) < 4.78 is 23.4. The number of hydrogen-bond acceptors (Lipinski definition) is 5. The normalized spacial score (nSPS) is 13.4. The average Bonchev–Trinajstić information content (AvgIpc) is 2.77. The number of hydrogen-bond donors (Lipinski definition) is 2. The quantitative estimate of drug-likeness (QED) is 0.863. The smallest absolute Gasteiger partial charge is 0.175 e. The van der Waals surface area contributed by atoms with Crippen LogP contribution in [0.1, 0.15) is 30.2 Å². The van der Waals surface area contributed by atoms with E-state index in [1.54, 1.807) is 31.2 Å². The van der Waals surface area contributed by atoms with Gasteiger partial charge in [0.2, 0.25) is 0 Å². The van der Waals surface area contributed by atoms with Gasteiger partial charge in [-0.05, 0) is 18.6 Å². The third kappa shape index (κ3) is 3.18. The van der Waals surface area contributed by atoms with Crippen molar-refractivity contribution in [1.29, 1.82) is 0 Å². The van der Waals surface area contributed by atoms with E-state index in [9.17, 15) is 8.42 Å². The van der Waals surface area contributed by atoms with E-state index in [1.165, 1.54) is 6.26 Å². The maximum absolute atomic E-state index is 11.7. The summed E-state index contributed by atoms with van der Waals surface area (Å²) in [5.74, 6) is 1.12. The van der Waals surface area contributed by atoms with Gasteiger partial charge < -0.3 is 5.73 Å². The number of nitrogens with zero attached hydrogens (tertiary/aromatic N) is 2. The molecule has 1 atom stereocenters. The fraction of sp³-hybridized carbons (Fsp3) is 0.333. The first-order valence-electron chi connectivity index (χ1n) is 5.82. The maximum atomic E-state index is 11.7. The van der Waals surface area contributed by atoms with Gasteiger partial charge in [0.05, 0.1) is 10.9 Å². The van der Waals surface area contributed by atoms with E-state index in [0.29, 0.717) is 28.5 Å². The number of benzene rings is 1. The molecule has 0 aliphatic carbocycles. The van der Waals surface area contributed by atoms with Gasteiger partial charge in [0, 0.05) is 12.7 Å². The van der Waals surface area contributed by atoms with Crippen LogP contribution in [0.4, 0.5) is 0 Å². The SMILES string of the molecule is CC(N)c1n[nH]c(Cc2ccccc2S(C)(=O)=O)n1. The summed E-state index contributed by atoms with van der Waals surface area (Å²) in [5, 5.41) is 6.77. The summed E-state index contributed by atoms with van der Waals surface area (Å²) in [4.78, 5) is 4.56. The fourth-order valence-electron chi connectivity index (χ4n) is 1.78. The summed E-state index contributed by atoms with van der Waals surface area (Å²) in [5.41, 5.74) is 6.37. The van der Waals surface area contributed by atoms with Crippen LogP contribution in [-0.2, 0) is 16.3 Å². The molecule has 2 aromatic rings. The number of rotatable bonds is 4. The minimum absolute atomic E-state index is 0.254. The van der Waals surface area contributed by atoms with Gasteiger partial charge in [-0.3, -0.25) is 5.10 Å². The summed E-state index contributed by atoms with van der Waals surface area (Å²) in [6.07, 6.45) is 1.57. The third-order valence-corrected chi connectivity index (χ3v) is 3.88. The van der Waals surface area contributed by atoms with Crippen LogP contribution in [0.5, 0.6) is 0 Å². The van der Waals surface area contributed by atoms with Gasteiger partial charge in [-0.2, -0.15) is 5.10 Å². The molecule has 0 saturated carbocycles. The van der Waals surface area contributed by atoms with Gasteiger partial charge in [-0.25, -0.2) is 13.4 Å². The third-order valence-electron chi connectivity index (χ3n) is 2.69. The molecule has 19 heavy (non-hydrogen) atoms. The van der Waals surface area contributed by atoms with Crippen molar-refractivity contribution in [3.63, 3.8) is 0 Å². The Bertz CT molecular complexity index is 677. The maximum Gasteiger partial charge on any atom is 0.175 e. The van der Waals surface area contributed by atoms with Gasteiger partial charge in [-0.15, -0.1) is 0 Å². The molecule has 6 nitrogen and oxygen atoms in total. The molecular weight excluding hydrogens is 264 g/mol. The van der Waals surface area contributed by atoms with Crippen LogP contribution in [0.3, 0.4) is 0 Å². The van der Waals surface area contributed by atoms with E-state index in [4.69, 9.17) is 5.73 Å². The molecule has 1 unspecified atom stereocenters. The van der Waals surface area contributed by atoms with Crippen molar-refractivity contribution >= 4 is 9.84 Å². The lowest BCUT2D eigenvalue weighted by Crippen LogP contribution is -2.07. The van der Waals surface area contributed by atoms with E-state index >= 15 is 0 Å². The molecule has 2 rings (SSSR count). The Labute approximate surface area is 112 Å². The van der Waals surface area contributed by atoms with Gasteiger partial charge >= 0.3 is 0 Å². The summed E-state index contributed by atoms with van der Waals surface area (Å²) in [6.45, 7) is 1.79. The molecule has 0 aliphatic rings. The predicted molar refractivity (Wildman–Crippen MR) is 71.3 cm³/mol. The first-order valence-corrected chi connectivity index (χ1v) is 7.72. The molecule has 0 aliphatic heterocycles. The predicted octanol–water partition coefficient (Wildman–Crippen LogP) is 0.819. The second-order valence-electron chi connectivity index (χ2n) is 4.49. The highest BCUT2D eigenvalue weighted by Gasteiger charge is 2.14. The van der Waals surface area contributed by atoms with E-state index < -0.39 is 9.84 Å². The molecule has 1 aromatic carbocycles. The average molecular weight is 280 g/mol. The largest absolute Gasteiger partial charge is 0.321 e. The number of H-pyrrole nitrogens is 1. The van der Waals surface area contributed by atoms with Crippen LogP contribution in [0, 0.1) is 0 Å². The number of nitrogens with two attached hydrogens (primary N) is 1. The minimum Gasteiger partial charge on any atom is -0.321 e. The minimum atomic E-state index is -3.25. The van der Waals surface area contributed by atoms with Crippen molar-refractivity contribution in [3.8, 4) is 0 Å². The Balaban J connectivity index is 2.33. The molecule has 0 bridgehead atoms. The van der Waals surface area contributed by atoms with E-state index in [0.717, 1.165) is 0 Å². The highest BCUT2D eigenvalue weighted by Crippen LogP contribution is 2.18.